The van der Waals surface area contributed by atoms with Gasteiger partial charge in [0.05, 0.1) is 21.6 Å². The van der Waals surface area contributed by atoms with Crippen LogP contribution < -0.4 is 9.47 Å². The molecule has 2 aromatic rings. The first-order valence-electron chi connectivity index (χ1n) is 7.92. The van der Waals surface area contributed by atoms with E-state index in [0.29, 0.717) is 10.0 Å². The van der Waals surface area contributed by atoms with Gasteiger partial charge in [0.2, 0.25) is 0 Å². The van der Waals surface area contributed by atoms with E-state index in [9.17, 15) is 19.7 Å². The van der Waals surface area contributed by atoms with Crippen molar-refractivity contribution in [2.24, 2.45) is 0 Å². The quantitative estimate of drug-likeness (QED) is 0.279. The molecule has 0 saturated heterocycles. The summed E-state index contributed by atoms with van der Waals surface area (Å²) >= 11 is 3.23. The highest BCUT2D eigenvalue weighted by Crippen LogP contribution is 2.29. The number of carbonyl (C=O) groups is 2. The van der Waals surface area contributed by atoms with Gasteiger partial charge in [0, 0.05) is 6.07 Å². The van der Waals surface area contributed by atoms with Gasteiger partial charge in [-0.25, -0.2) is 9.59 Å². The summed E-state index contributed by atoms with van der Waals surface area (Å²) in [6.07, 6.45) is -1.09. The first-order valence-corrected chi connectivity index (χ1v) is 8.71. The number of para-hydroxylation sites is 2. The van der Waals surface area contributed by atoms with Crippen LogP contribution >= 0.6 is 15.9 Å². The fourth-order valence-electron chi connectivity index (χ4n) is 2.06. The zero-order valence-corrected chi connectivity index (χ0v) is 16.1. The second-order valence-electron chi connectivity index (χ2n) is 5.27. The first-order chi connectivity index (χ1) is 12.8. The van der Waals surface area contributed by atoms with Crippen molar-refractivity contribution in [3.8, 4) is 11.5 Å². The minimum atomic E-state index is -1.09. The second-order valence-corrected chi connectivity index (χ2v) is 6.13. The zero-order chi connectivity index (χ0) is 20.0. The highest BCUT2D eigenvalue weighted by atomic mass is 79.9. The molecule has 0 spiro atoms. The molecule has 142 valence electrons. The molecule has 27 heavy (non-hydrogen) atoms. The van der Waals surface area contributed by atoms with E-state index in [1.165, 1.54) is 43.3 Å². The molecule has 0 aliphatic heterocycles. The largest absolute Gasteiger partial charge is 0.472 e. The molecule has 9 heteroatoms. The predicted molar refractivity (Wildman–Crippen MR) is 98.9 cm³/mol. The summed E-state index contributed by atoms with van der Waals surface area (Å²) in [4.78, 5) is 34.4. The number of halogens is 1. The molecule has 2 aromatic carbocycles. The molecule has 1 atom stereocenters. The lowest BCUT2D eigenvalue weighted by Crippen LogP contribution is -2.28. The van der Waals surface area contributed by atoms with Gasteiger partial charge in [-0.15, -0.1) is 0 Å². The van der Waals surface area contributed by atoms with Gasteiger partial charge in [0.1, 0.15) is 5.75 Å². The molecule has 0 radical (unpaired) electrons. The summed E-state index contributed by atoms with van der Waals surface area (Å²) in [6, 6.07) is 10.1. The SMILES string of the molecule is CCOC(=O)c1ccc(OC(=O)C(C)Oc2ccccc2[N+](=O)[O-])c(Br)c1. The Labute approximate surface area is 163 Å². The van der Waals surface area contributed by atoms with Crippen LogP contribution in [0, 0.1) is 10.1 Å². The van der Waals surface area contributed by atoms with Crippen molar-refractivity contribution < 1.29 is 28.7 Å². The molecule has 0 aliphatic carbocycles. The van der Waals surface area contributed by atoms with Crippen molar-refractivity contribution in [1.29, 1.82) is 0 Å². The van der Waals surface area contributed by atoms with Crippen LogP contribution in [0.5, 0.6) is 11.5 Å². The number of ether oxygens (including phenoxy) is 3. The Hall–Kier alpha value is -2.94. The maximum absolute atomic E-state index is 12.2. The number of rotatable bonds is 7. The van der Waals surface area contributed by atoms with E-state index in [-0.39, 0.29) is 23.8 Å². The third kappa shape index (κ3) is 5.27. The van der Waals surface area contributed by atoms with Crippen molar-refractivity contribution in [2.45, 2.75) is 20.0 Å². The van der Waals surface area contributed by atoms with Crippen molar-refractivity contribution in [3.05, 3.63) is 62.6 Å². The lowest BCUT2D eigenvalue weighted by molar-refractivity contribution is -0.386. The Kier molecular flexibility index (Phi) is 6.89. The van der Waals surface area contributed by atoms with Gasteiger partial charge in [-0.1, -0.05) is 12.1 Å². The minimum absolute atomic E-state index is 0.0383. The zero-order valence-electron chi connectivity index (χ0n) is 14.5. The minimum Gasteiger partial charge on any atom is -0.472 e. The third-order valence-electron chi connectivity index (χ3n) is 3.35. The number of esters is 2. The Morgan fingerprint density at radius 3 is 2.52 bits per heavy atom. The fourth-order valence-corrected chi connectivity index (χ4v) is 2.52. The molecule has 1 unspecified atom stereocenters. The van der Waals surface area contributed by atoms with E-state index in [1.807, 2.05) is 0 Å². The van der Waals surface area contributed by atoms with E-state index < -0.39 is 23.0 Å². The molecule has 0 saturated carbocycles. The van der Waals surface area contributed by atoms with Crippen LogP contribution in [0.2, 0.25) is 0 Å². The van der Waals surface area contributed by atoms with E-state index in [0.717, 1.165) is 0 Å². The molecule has 0 aliphatic rings. The van der Waals surface area contributed by atoms with Crippen LogP contribution in [0.1, 0.15) is 24.2 Å². The number of hydrogen-bond acceptors (Lipinski definition) is 7. The summed E-state index contributed by atoms with van der Waals surface area (Å²) in [5.41, 5.74) is 0.0462. The molecule has 0 heterocycles. The number of nitrogens with zero attached hydrogens (tertiary/aromatic N) is 1. The molecule has 8 nitrogen and oxygen atoms in total. The van der Waals surface area contributed by atoms with E-state index in [1.54, 1.807) is 13.0 Å². The molecule has 0 aromatic heterocycles. The summed E-state index contributed by atoms with van der Waals surface area (Å²) in [5, 5.41) is 11.0. The van der Waals surface area contributed by atoms with Crippen LogP contribution in [0.3, 0.4) is 0 Å². The molecule has 2 rings (SSSR count). The third-order valence-corrected chi connectivity index (χ3v) is 3.97. The summed E-state index contributed by atoms with van der Waals surface area (Å²) in [5.74, 6) is -1.11. The summed E-state index contributed by atoms with van der Waals surface area (Å²) in [7, 11) is 0. The van der Waals surface area contributed by atoms with Crippen LogP contribution in [0.25, 0.3) is 0 Å². The average molecular weight is 438 g/mol. The van der Waals surface area contributed by atoms with Crippen molar-refractivity contribution in [2.75, 3.05) is 6.61 Å². The van der Waals surface area contributed by atoms with Gasteiger partial charge in [0.15, 0.2) is 11.9 Å². The fraction of sp³-hybridized carbons (Fsp3) is 0.222. The molecule has 0 fully saturated rings. The van der Waals surface area contributed by atoms with Crippen molar-refractivity contribution in [1.82, 2.24) is 0 Å². The standard InChI is InChI=1S/C18H16BrNO7/c1-3-25-18(22)12-8-9-15(13(19)10-12)27-17(21)11(2)26-16-7-5-4-6-14(16)20(23)24/h4-11H,3H2,1-2H3. The molecule has 0 bridgehead atoms. The van der Waals surface area contributed by atoms with Crippen LogP contribution in [0.15, 0.2) is 46.9 Å². The van der Waals surface area contributed by atoms with Crippen molar-refractivity contribution >= 4 is 33.6 Å². The van der Waals surface area contributed by atoms with E-state index >= 15 is 0 Å². The molecule has 0 N–H and O–H groups in total. The molecule has 0 amide bonds. The number of nitro groups is 1. The Morgan fingerprint density at radius 1 is 1.19 bits per heavy atom. The summed E-state index contributed by atoms with van der Waals surface area (Å²) in [6.45, 7) is 3.36. The van der Waals surface area contributed by atoms with Gasteiger partial charge in [-0.05, 0) is 54.0 Å². The topological polar surface area (TPSA) is 105 Å². The first kappa shape index (κ1) is 20.4. The van der Waals surface area contributed by atoms with Gasteiger partial charge in [0.25, 0.3) is 0 Å². The molecular formula is C18H16BrNO7. The van der Waals surface area contributed by atoms with Crippen molar-refractivity contribution in [3.63, 3.8) is 0 Å². The second kappa shape index (κ2) is 9.13. The Balaban J connectivity index is 2.09. The number of carbonyl (C=O) groups excluding carboxylic acids is 2. The van der Waals surface area contributed by atoms with Gasteiger partial charge >= 0.3 is 17.6 Å². The van der Waals surface area contributed by atoms with Gasteiger partial charge in [-0.3, -0.25) is 10.1 Å². The Bertz CT molecular complexity index is 869. The number of benzene rings is 2. The number of hydrogen-bond donors (Lipinski definition) is 0. The average Bonchev–Trinajstić information content (AvgIpc) is 2.63. The lowest BCUT2D eigenvalue weighted by Gasteiger charge is -2.14. The van der Waals surface area contributed by atoms with Gasteiger partial charge in [-0.2, -0.15) is 0 Å². The normalized spacial score (nSPS) is 11.4. The van der Waals surface area contributed by atoms with E-state index in [4.69, 9.17) is 14.2 Å². The maximum atomic E-state index is 12.2. The highest BCUT2D eigenvalue weighted by molar-refractivity contribution is 9.10. The smallest absolute Gasteiger partial charge is 0.352 e. The monoisotopic (exact) mass is 437 g/mol. The predicted octanol–water partition coefficient (Wildman–Crippen LogP) is 3.91. The van der Waals surface area contributed by atoms with Crippen LogP contribution in [-0.2, 0) is 9.53 Å². The Morgan fingerprint density at radius 2 is 1.89 bits per heavy atom. The van der Waals surface area contributed by atoms with Crippen LogP contribution in [0.4, 0.5) is 5.69 Å². The summed E-state index contributed by atoms with van der Waals surface area (Å²) < 4.78 is 15.9. The lowest BCUT2D eigenvalue weighted by atomic mass is 10.2. The maximum Gasteiger partial charge on any atom is 0.352 e. The highest BCUT2D eigenvalue weighted by Gasteiger charge is 2.23. The van der Waals surface area contributed by atoms with Crippen LogP contribution in [-0.4, -0.2) is 29.6 Å². The van der Waals surface area contributed by atoms with E-state index in [2.05, 4.69) is 15.9 Å². The molecular weight excluding hydrogens is 422 g/mol. The number of nitro benzene ring substituents is 1. The van der Waals surface area contributed by atoms with Gasteiger partial charge < -0.3 is 14.2 Å².